The molecule has 174 valence electrons. The predicted octanol–water partition coefficient (Wildman–Crippen LogP) is 6.98. The lowest BCUT2D eigenvalue weighted by molar-refractivity contribution is 0.0726. The number of esters is 1. The molecule has 0 bridgehead atoms. The van der Waals surface area contributed by atoms with Crippen LogP contribution in [0.5, 0.6) is 5.75 Å². The fourth-order valence-corrected chi connectivity index (χ4v) is 4.69. The third-order valence-electron chi connectivity index (χ3n) is 6.50. The van der Waals surface area contributed by atoms with Crippen molar-refractivity contribution in [3.05, 3.63) is 53.1 Å². The summed E-state index contributed by atoms with van der Waals surface area (Å²) in [6.07, 6.45) is 11.5. The van der Waals surface area contributed by atoms with Crippen LogP contribution in [0.25, 0.3) is 0 Å². The van der Waals surface area contributed by atoms with Crippen molar-refractivity contribution in [1.82, 2.24) is 0 Å². The molecular weight excluding hydrogens is 410 g/mol. The van der Waals surface area contributed by atoms with Gasteiger partial charge in [0.1, 0.15) is 0 Å². The van der Waals surface area contributed by atoms with Crippen LogP contribution in [0.15, 0.2) is 30.3 Å². The number of carbonyl (C=O) groups is 1. The van der Waals surface area contributed by atoms with Crippen LogP contribution in [-0.4, -0.2) is 5.97 Å². The highest BCUT2D eigenvalue weighted by Gasteiger charge is 2.27. The van der Waals surface area contributed by atoms with Gasteiger partial charge < -0.3 is 16.2 Å². The topological polar surface area (TPSA) is 78.3 Å². The maximum absolute atomic E-state index is 14.8. The van der Waals surface area contributed by atoms with Crippen LogP contribution in [0, 0.1) is 17.6 Å². The molecule has 2 aromatic carbocycles. The first-order valence-electron chi connectivity index (χ1n) is 11.7. The summed E-state index contributed by atoms with van der Waals surface area (Å²) in [6, 6.07) is 7.13. The van der Waals surface area contributed by atoms with Gasteiger partial charge in [-0.1, -0.05) is 51.5 Å². The molecule has 4 nitrogen and oxygen atoms in total. The first-order chi connectivity index (χ1) is 15.4. The van der Waals surface area contributed by atoms with Gasteiger partial charge in [0.05, 0.1) is 5.56 Å². The molecule has 0 spiro atoms. The maximum Gasteiger partial charge on any atom is 0.343 e. The smallest absolute Gasteiger partial charge is 0.343 e. The van der Waals surface area contributed by atoms with Crippen molar-refractivity contribution < 1.29 is 18.3 Å². The Balaban J connectivity index is 1.58. The molecule has 32 heavy (non-hydrogen) atoms. The number of nitrogens with two attached hydrogens (primary N) is 2. The molecular formula is C26H34F2N2O2. The molecule has 3 rings (SSSR count). The molecule has 0 saturated heterocycles. The molecule has 0 aromatic heterocycles. The molecule has 0 atom stereocenters. The van der Waals surface area contributed by atoms with E-state index in [-0.39, 0.29) is 22.9 Å². The molecule has 1 aliphatic carbocycles. The maximum atomic E-state index is 14.8. The number of benzene rings is 2. The second kappa shape index (κ2) is 11.3. The van der Waals surface area contributed by atoms with E-state index in [1.54, 1.807) is 6.07 Å². The first kappa shape index (κ1) is 24.0. The van der Waals surface area contributed by atoms with Gasteiger partial charge in [0, 0.05) is 11.4 Å². The molecule has 0 heterocycles. The Labute approximate surface area is 189 Å². The molecule has 1 aliphatic rings. The Morgan fingerprint density at radius 3 is 2.25 bits per heavy atom. The lowest BCUT2D eigenvalue weighted by atomic mass is 9.77. The molecule has 0 radical (unpaired) electrons. The summed E-state index contributed by atoms with van der Waals surface area (Å²) in [5.41, 5.74) is 12.4. The Bertz CT molecular complexity index is 904. The largest absolute Gasteiger partial charge is 0.420 e. The van der Waals surface area contributed by atoms with Crippen molar-refractivity contribution in [1.29, 1.82) is 0 Å². The Hall–Kier alpha value is -2.63. The Morgan fingerprint density at radius 2 is 1.59 bits per heavy atom. The van der Waals surface area contributed by atoms with Crippen molar-refractivity contribution in [3.63, 3.8) is 0 Å². The second-order valence-electron chi connectivity index (χ2n) is 8.98. The van der Waals surface area contributed by atoms with Crippen LogP contribution in [0.3, 0.4) is 0 Å². The van der Waals surface area contributed by atoms with Gasteiger partial charge in [-0.25, -0.2) is 9.18 Å². The predicted molar refractivity (Wildman–Crippen MR) is 125 cm³/mol. The quantitative estimate of drug-likeness (QED) is 0.189. The standard InChI is InChI=1S/C26H34F2N2O2/c1-2-3-4-5-6-7-17-8-10-18(11-9-17)22-12-13-23(25(28)24(22)27)32-26(31)19-14-20(29)16-21(30)15-19/h12-18H,2-11,29-30H2,1H3. The van der Waals surface area contributed by atoms with Crippen LogP contribution in [0.4, 0.5) is 20.2 Å². The number of hydrogen-bond donors (Lipinski definition) is 2. The number of ether oxygens (including phenoxy) is 1. The number of carbonyl (C=O) groups excluding carboxylic acids is 1. The summed E-state index contributed by atoms with van der Waals surface area (Å²) in [4.78, 5) is 12.3. The number of hydrogen-bond acceptors (Lipinski definition) is 4. The lowest BCUT2D eigenvalue weighted by Gasteiger charge is -2.29. The number of unbranched alkanes of at least 4 members (excludes halogenated alkanes) is 4. The fourth-order valence-electron chi connectivity index (χ4n) is 4.69. The van der Waals surface area contributed by atoms with Crippen molar-refractivity contribution in [3.8, 4) is 5.75 Å². The van der Waals surface area contributed by atoms with Gasteiger partial charge in [-0.2, -0.15) is 4.39 Å². The van der Waals surface area contributed by atoms with Crippen molar-refractivity contribution in [2.75, 3.05) is 11.5 Å². The molecule has 4 N–H and O–H groups in total. The van der Waals surface area contributed by atoms with Crippen LogP contribution in [0.1, 0.15) is 93.0 Å². The van der Waals surface area contributed by atoms with Crippen LogP contribution >= 0.6 is 0 Å². The zero-order chi connectivity index (χ0) is 23.1. The van der Waals surface area contributed by atoms with E-state index in [9.17, 15) is 13.6 Å². The third-order valence-corrected chi connectivity index (χ3v) is 6.50. The van der Waals surface area contributed by atoms with Gasteiger partial charge in [0.2, 0.25) is 5.82 Å². The third kappa shape index (κ3) is 6.21. The minimum absolute atomic E-state index is 0.000636. The van der Waals surface area contributed by atoms with Gasteiger partial charge in [0.15, 0.2) is 11.6 Å². The minimum Gasteiger partial charge on any atom is -0.420 e. The first-order valence-corrected chi connectivity index (χ1v) is 11.7. The summed E-state index contributed by atoms with van der Waals surface area (Å²) >= 11 is 0. The summed E-state index contributed by atoms with van der Waals surface area (Å²) in [5, 5.41) is 0. The van der Waals surface area contributed by atoms with E-state index in [0.29, 0.717) is 11.5 Å². The van der Waals surface area contributed by atoms with E-state index in [2.05, 4.69) is 6.92 Å². The van der Waals surface area contributed by atoms with E-state index < -0.39 is 23.4 Å². The minimum atomic E-state index is -1.13. The number of nitrogen functional groups attached to an aromatic ring is 2. The summed E-state index contributed by atoms with van der Waals surface area (Å²) in [7, 11) is 0. The van der Waals surface area contributed by atoms with E-state index in [1.807, 2.05) is 0 Å². The highest BCUT2D eigenvalue weighted by Crippen LogP contribution is 2.40. The summed E-state index contributed by atoms with van der Waals surface area (Å²) in [5.74, 6) is -2.64. The molecule has 0 unspecified atom stereocenters. The molecule has 2 aromatic rings. The van der Waals surface area contributed by atoms with Crippen molar-refractivity contribution in [2.45, 2.75) is 77.0 Å². The fraction of sp³-hybridized carbons (Fsp3) is 0.500. The van der Waals surface area contributed by atoms with Gasteiger partial charge in [-0.05, 0) is 67.3 Å². The molecule has 6 heteroatoms. The zero-order valence-corrected chi connectivity index (χ0v) is 18.8. The van der Waals surface area contributed by atoms with E-state index in [0.717, 1.165) is 25.7 Å². The average molecular weight is 445 g/mol. The Kier molecular flexibility index (Phi) is 8.48. The van der Waals surface area contributed by atoms with Gasteiger partial charge in [-0.3, -0.25) is 0 Å². The Morgan fingerprint density at radius 1 is 0.938 bits per heavy atom. The van der Waals surface area contributed by atoms with Crippen LogP contribution in [-0.2, 0) is 0 Å². The SMILES string of the molecule is CCCCCCCC1CCC(c2ccc(OC(=O)c3cc(N)cc(N)c3)c(F)c2F)CC1. The monoisotopic (exact) mass is 444 g/mol. The number of halogens is 2. The van der Waals surface area contributed by atoms with Gasteiger partial charge in [-0.15, -0.1) is 0 Å². The molecule has 1 fully saturated rings. The lowest BCUT2D eigenvalue weighted by Crippen LogP contribution is -2.16. The highest BCUT2D eigenvalue weighted by atomic mass is 19.2. The molecule has 0 amide bonds. The van der Waals surface area contributed by atoms with E-state index in [1.165, 1.54) is 62.8 Å². The van der Waals surface area contributed by atoms with Crippen molar-refractivity contribution in [2.24, 2.45) is 5.92 Å². The van der Waals surface area contributed by atoms with Crippen LogP contribution < -0.4 is 16.2 Å². The van der Waals surface area contributed by atoms with Gasteiger partial charge in [0.25, 0.3) is 0 Å². The van der Waals surface area contributed by atoms with E-state index in [4.69, 9.17) is 16.2 Å². The van der Waals surface area contributed by atoms with Crippen molar-refractivity contribution >= 4 is 17.3 Å². The van der Waals surface area contributed by atoms with Crippen LogP contribution in [0.2, 0.25) is 0 Å². The van der Waals surface area contributed by atoms with E-state index >= 15 is 0 Å². The molecule has 0 aliphatic heterocycles. The number of rotatable bonds is 9. The normalized spacial score (nSPS) is 18.5. The number of anilines is 2. The second-order valence-corrected chi connectivity index (χ2v) is 8.98. The summed E-state index contributed by atoms with van der Waals surface area (Å²) in [6.45, 7) is 2.22. The zero-order valence-electron chi connectivity index (χ0n) is 18.8. The average Bonchev–Trinajstić information content (AvgIpc) is 2.77. The molecule has 1 saturated carbocycles. The highest BCUT2D eigenvalue weighted by molar-refractivity contribution is 5.93. The summed E-state index contributed by atoms with van der Waals surface area (Å²) < 4.78 is 34.6. The van der Waals surface area contributed by atoms with Gasteiger partial charge >= 0.3 is 5.97 Å².